The van der Waals surface area contributed by atoms with Crippen molar-refractivity contribution in [1.29, 1.82) is 0 Å². The van der Waals surface area contributed by atoms with E-state index in [1.165, 1.54) is 5.57 Å². The molecule has 0 radical (unpaired) electrons. The number of ether oxygens (including phenoxy) is 3. The summed E-state index contributed by atoms with van der Waals surface area (Å²) in [6.07, 6.45) is 4.93. The van der Waals surface area contributed by atoms with E-state index in [4.69, 9.17) is 14.2 Å². The zero-order valence-corrected chi connectivity index (χ0v) is 15.8. The maximum absolute atomic E-state index is 12.4. The van der Waals surface area contributed by atoms with Crippen molar-refractivity contribution in [2.24, 2.45) is 5.92 Å². The van der Waals surface area contributed by atoms with Gasteiger partial charge in [0, 0.05) is 5.92 Å². The predicted molar refractivity (Wildman–Crippen MR) is 93.7 cm³/mol. The van der Waals surface area contributed by atoms with Gasteiger partial charge in [-0.1, -0.05) is 17.7 Å². The molecule has 1 aliphatic heterocycles. The van der Waals surface area contributed by atoms with Gasteiger partial charge < -0.3 is 19.5 Å². The fraction of sp³-hybridized carbons (Fsp3) is 0.737. The Kier molecular flexibility index (Phi) is 5.17. The third kappa shape index (κ3) is 4.39. The summed E-state index contributed by atoms with van der Waals surface area (Å²) in [6.45, 7) is 16.0. The van der Waals surface area contributed by atoms with Crippen molar-refractivity contribution in [2.45, 2.75) is 77.4 Å². The summed E-state index contributed by atoms with van der Waals surface area (Å²) in [5, 5.41) is 3.05. The summed E-state index contributed by atoms with van der Waals surface area (Å²) in [5.41, 5.74) is 0.143. The quantitative estimate of drug-likeness (QED) is 0.793. The van der Waals surface area contributed by atoms with Gasteiger partial charge >= 0.3 is 6.09 Å². The van der Waals surface area contributed by atoms with E-state index in [9.17, 15) is 4.79 Å². The third-order valence-electron chi connectivity index (χ3n) is 4.57. The number of amides is 1. The molecular weight excluding hydrogens is 306 g/mol. The number of rotatable bonds is 3. The van der Waals surface area contributed by atoms with Crippen molar-refractivity contribution >= 4 is 6.09 Å². The van der Waals surface area contributed by atoms with Gasteiger partial charge in [-0.2, -0.15) is 0 Å². The Morgan fingerprint density at radius 3 is 2.62 bits per heavy atom. The summed E-state index contributed by atoms with van der Waals surface area (Å²) in [5.74, 6) is -0.548. The summed E-state index contributed by atoms with van der Waals surface area (Å²) in [7, 11) is 0. The lowest BCUT2D eigenvalue weighted by Crippen LogP contribution is -2.58. The van der Waals surface area contributed by atoms with Crippen molar-refractivity contribution in [2.75, 3.05) is 6.61 Å². The molecule has 1 aliphatic carbocycles. The van der Waals surface area contributed by atoms with Crippen LogP contribution in [0.2, 0.25) is 0 Å². The smallest absolute Gasteiger partial charge is 0.408 e. The molecule has 0 aromatic heterocycles. The fourth-order valence-electron chi connectivity index (χ4n) is 3.41. The second-order valence-electron chi connectivity index (χ2n) is 8.30. The first-order valence-electron chi connectivity index (χ1n) is 8.58. The molecule has 136 valence electrons. The minimum Gasteiger partial charge on any atom is -0.444 e. The van der Waals surface area contributed by atoms with Gasteiger partial charge in [0.2, 0.25) is 0 Å². The lowest BCUT2D eigenvalue weighted by molar-refractivity contribution is -0.147. The van der Waals surface area contributed by atoms with Gasteiger partial charge in [-0.3, -0.25) is 0 Å². The van der Waals surface area contributed by atoms with Crippen molar-refractivity contribution in [3.05, 3.63) is 24.3 Å². The molecule has 0 bridgehead atoms. The molecule has 0 aromatic rings. The number of carbonyl (C=O) groups excluding carboxylic acids is 1. The van der Waals surface area contributed by atoms with Crippen molar-refractivity contribution < 1.29 is 19.0 Å². The zero-order chi connectivity index (χ0) is 18.2. The molecule has 1 heterocycles. The van der Waals surface area contributed by atoms with E-state index in [0.717, 1.165) is 6.42 Å². The molecule has 2 aliphatic rings. The molecule has 3 atom stereocenters. The molecule has 0 unspecified atom stereocenters. The van der Waals surface area contributed by atoms with E-state index < -0.39 is 23.0 Å². The zero-order valence-electron chi connectivity index (χ0n) is 15.8. The molecule has 1 saturated heterocycles. The van der Waals surface area contributed by atoms with Gasteiger partial charge in [0.25, 0.3) is 0 Å². The second-order valence-corrected chi connectivity index (χ2v) is 8.30. The highest BCUT2D eigenvalue weighted by Gasteiger charge is 2.48. The Morgan fingerprint density at radius 1 is 1.46 bits per heavy atom. The largest absolute Gasteiger partial charge is 0.444 e. The number of hydrogen-bond acceptors (Lipinski definition) is 4. The van der Waals surface area contributed by atoms with Crippen LogP contribution >= 0.6 is 0 Å². The first-order valence-corrected chi connectivity index (χ1v) is 8.58. The van der Waals surface area contributed by atoms with Crippen molar-refractivity contribution in [3.63, 3.8) is 0 Å². The first kappa shape index (κ1) is 19.0. The Bertz CT molecular complexity index is 532. The SMILES string of the molecule is C=C[C@]1(NC(=O)OC(C)(C)C)CC=C(C)C[C@@H]1[C@H]1COC(C)(C)O1. The number of alkyl carbamates (subject to hydrolysis) is 1. The Labute approximate surface area is 145 Å². The van der Waals surface area contributed by atoms with E-state index >= 15 is 0 Å². The lowest BCUT2D eigenvalue weighted by Gasteiger charge is -2.44. The minimum atomic E-state index is -0.601. The molecule has 24 heavy (non-hydrogen) atoms. The van der Waals surface area contributed by atoms with Crippen LogP contribution in [0, 0.1) is 5.92 Å². The maximum atomic E-state index is 12.4. The molecule has 2 rings (SSSR count). The number of hydrogen-bond donors (Lipinski definition) is 1. The molecule has 0 spiro atoms. The van der Waals surface area contributed by atoms with Crippen LogP contribution in [0.15, 0.2) is 24.3 Å². The van der Waals surface area contributed by atoms with Gasteiger partial charge in [0.1, 0.15) is 5.60 Å². The highest BCUT2D eigenvalue weighted by molar-refractivity contribution is 5.69. The van der Waals surface area contributed by atoms with Crippen molar-refractivity contribution in [1.82, 2.24) is 5.32 Å². The molecule has 1 N–H and O–H groups in total. The standard InChI is InChI=1S/C19H31NO4/c1-8-19(20-16(21)24-17(3,4)5)10-9-13(2)11-14(19)15-12-22-18(6,7)23-15/h8-9,14-15H,1,10-12H2,2-7H3,(H,20,21)/t14-,15-,19+/m1/s1. The molecule has 5 heteroatoms. The van der Waals surface area contributed by atoms with E-state index in [1.54, 1.807) is 0 Å². The maximum Gasteiger partial charge on any atom is 0.408 e. The summed E-state index contributed by atoms with van der Waals surface area (Å²) in [4.78, 5) is 12.4. The van der Waals surface area contributed by atoms with E-state index in [0.29, 0.717) is 13.0 Å². The van der Waals surface area contributed by atoms with Crippen LogP contribution in [-0.2, 0) is 14.2 Å². The predicted octanol–water partition coefficient (Wildman–Crippen LogP) is 3.94. The highest BCUT2D eigenvalue weighted by Crippen LogP contribution is 2.41. The van der Waals surface area contributed by atoms with Crippen LogP contribution in [0.3, 0.4) is 0 Å². The lowest BCUT2D eigenvalue weighted by atomic mass is 9.71. The molecule has 1 amide bonds. The van der Waals surface area contributed by atoms with E-state index in [-0.39, 0.29) is 12.0 Å². The van der Waals surface area contributed by atoms with Crippen LogP contribution < -0.4 is 5.32 Å². The molecule has 0 aromatic carbocycles. The minimum absolute atomic E-state index is 0.0503. The van der Waals surface area contributed by atoms with Crippen LogP contribution in [0.5, 0.6) is 0 Å². The normalized spacial score (nSPS) is 32.8. The van der Waals surface area contributed by atoms with Gasteiger partial charge in [-0.15, -0.1) is 6.58 Å². The number of carbonyl (C=O) groups is 1. The van der Waals surface area contributed by atoms with Gasteiger partial charge in [0.15, 0.2) is 5.79 Å². The Balaban J connectivity index is 2.23. The van der Waals surface area contributed by atoms with Crippen LogP contribution in [0.4, 0.5) is 4.79 Å². The average molecular weight is 337 g/mol. The fourth-order valence-corrected chi connectivity index (χ4v) is 3.41. The summed E-state index contributed by atoms with van der Waals surface area (Å²) in [6, 6.07) is 0. The van der Waals surface area contributed by atoms with Crippen LogP contribution in [0.25, 0.3) is 0 Å². The summed E-state index contributed by atoms with van der Waals surface area (Å²) < 4.78 is 17.3. The third-order valence-corrected chi connectivity index (χ3v) is 4.57. The number of allylic oxidation sites excluding steroid dienone is 1. The van der Waals surface area contributed by atoms with Gasteiger partial charge in [-0.25, -0.2) is 4.79 Å². The Morgan fingerprint density at radius 2 is 2.12 bits per heavy atom. The topological polar surface area (TPSA) is 56.8 Å². The average Bonchev–Trinajstić information content (AvgIpc) is 2.79. The second kappa shape index (κ2) is 6.52. The molecule has 0 saturated carbocycles. The molecular formula is C19H31NO4. The first-order chi connectivity index (χ1) is 11.0. The van der Waals surface area contributed by atoms with Gasteiger partial charge in [0.05, 0.1) is 18.2 Å². The van der Waals surface area contributed by atoms with Gasteiger partial charge in [-0.05, 0) is 54.4 Å². The van der Waals surface area contributed by atoms with E-state index in [2.05, 4.69) is 24.9 Å². The van der Waals surface area contributed by atoms with Crippen molar-refractivity contribution in [3.8, 4) is 0 Å². The van der Waals surface area contributed by atoms with Crippen LogP contribution in [0.1, 0.15) is 54.4 Å². The van der Waals surface area contributed by atoms with Crippen LogP contribution in [-0.4, -0.2) is 35.7 Å². The number of nitrogens with one attached hydrogen (secondary N) is 1. The molecule has 5 nitrogen and oxygen atoms in total. The monoisotopic (exact) mass is 337 g/mol. The highest BCUT2D eigenvalue weighted by atomic mass is 16.7. The van der Waals surface area contributed by atoms with E-state index in [1.807, 2.05) is 40.7 Å². The Hall–Kier alpha value is -1.33. The summed E-state index contributed by atoms with van der Waals surface area (Å²) >= 11 is 0. The molecule has 1 fully saturated rings.